The van der Waals surface area contributed by atoms with Gasteiger partial charge in [-0.1, -0.05) is 18.1 Å². The summed E-state index contributed by atoms with van der Waals surface area (Å²) in [6.45, 7) is 1.22. The van der Waals surface area contributed by atoms with E-state index in [-0.39, 0.29) is 59.1 Å². The zero-order valence-electron chi connectivity index (χ0n) is 25.7. The van der Waals surface area contributed by atoms with Crippen LogP contribution < -0.4 is 49.8 Å². The standard InChI is InChI=1S/C29H26F5N5O8S.Na/c1-2-12-45-17-7-8-18(19(14-17)29(32,33)34)21-15-24(47-37-21)28(27(40)41,10-4-13-46-48(42,43)44)38-16-35-26-23(38)9-11-39(36-26)22-6-3-5-20(30)25(22)31;/h3,5-9,11,14-16,36H,2,4,10,12-13H2,1H3,(H,40,41)(H,42,43,44);/q;+1/p-1. The van der Waals surface area contributed by atoms with Gasteiger partial charge in [0.1, 0.15) is 22.7 Å². The first-order valence-electron chi connectivity index (χ1n) is 14.1. The maximum atomic E-state index is 14.5. The fraction of sp³-hybridized carbons (Fsp3) is 0.276. The number of rotatable bonds is 13. The Morgan fingerprint density at radius 3 is 2.57 bits per heavy atom. The number of halogens is 5. The molecule has 0 amide bonds. The summed E-state index contributed by atoms with van der Waals surface area (Å²) in [6.07, 6.45) is -1.81. The third kappa shape index (κ3) is 7.92. The number of fused-ring (bicyclic) bond motifs is 1. The second kappa shape index (κ2) is 14.9. The van der Waals surface area contributed by atoms with Gasteiger partial charge in [0, 0.05) is 17.8 Å². The summed E-state index contributed by atoms with van der Waals surface area (Å²) in [7, 11) is -4.91. The van der Waals surface area contributed by atoms with Gasteiger partial charge in [-0.3, -0.25) is 15.0 Å². The van der Waals surface area contributed by atoms with Gasteiger partial charge in [-0.05, 0) is 55.7 Å². The van der Waals surface area contributed by atoms with Gasteiger partial charge in [-0.15, -0.1) is 0 Å². The average molecular weight is 722 g/mol. The van der Waals surface area contributed by atoms with Crippen molar-refractivity contribution < 1.29 is 87.8 Å². The number of hydrogen-bond donors (Lipinski definition) is 2. The number of carbonyl (C=O) groups excluding carboxylic acids is 1. The largest absolute Gasteiger partial charge is 1.00 e. The molecule has 2 aromatic carbocycles. The van der Waals surface area contributed by atoms with Crippen LogP contribution in [0.1, 0.15) is 43.2 Å². The second-order valence-corrected chi connectivity index (χ2v) is 11.4. The Hall–Kier alpha value is -4.01. The third-order valence-electron chi connectivity index (χ3n) is 7.23. The molecule has 20 heteroatoms. The van der Waals surface area contributed by atoms with E-state index >= 15 is 0 Å². The van der Waals surface area contributed by atoms with Gasteiger partial charge in [0.15, 0.2) is 23.2 Å². The Balaban J connectivity index is 0.00000541. The summed E-state index contributed by atoms with van der Waals surface area (Å²) in [4.78, 5) is 17.2. The summed E-state index contributed by atoms with van der Waals surface area (Å²) in [6, 6.07) is 7.51. The predicted octanol–water partition coefficient (Wildman–Crippen LogP) is 1.54. The maximum Gasteiger partial charge on any atom is 1.00 e. The molecule has 0 bridgehead atoms. The minimum absolute atomic E-state index is 0. The monoisotopic (exact) mass is 721 g/mol. The van der Waals surface area contributed by atoms with E-state index in [0.717, 1.165) is 40.2 Å². The SMILES string of the molecule is CCCOc1ccc(-c2cc(C(CCCOS(=O)(=O)O)(C(=O)[O-])n3cnc4c3C=CN(c3cccc(F)c3F)N4)on2)c(C(F)(F)F)c1.[Na+]. The fourth-order valence-electron chi connectivity index (χ4n) is 5.07. The minimum Gasteiger partial charge on any atom is -0.547 e. The van der Waals surface area contributed by atoms with Crippen molar-refractivity contribution in [3.05, 3.63) is 83.6 Å². The smallest absolute Gasteiger partial charge is 0.547 e. The molecule has 0 fully saturated rings. The molecule has 4 aromatic rings. The van der Waals surface area contributed by atoms with Crippen molar-refractivity contribution in [3.8, 4) is 17.0 Å². The Bertz CT molecular complexity index is 1970. The van der Waals surface area contributed by atoms with Crippen LogP contribution in [0.3, 0.4) is 0 Å². The topological polar surface area (TPSA) is 172 Å². The first kappa shape index (κ1) is 37.8. The molecule has 13 nitrogen and oxygen atoms in total. The van der Waals surface area contributed by atoms with E-state index in [1.54, 1.807) is 6.92 Å². The molecule has 2 aromatic heterocycles. The molecular formula is C29H25F5N5NaO8S. The molecule has 256 valence electrons. The van der Waals surface area contributed by atoms with Crippen molar-refractivity contribution in [1.29, 1.82) is 0 Å². The van der Waals surface area contributed by atoms with Crippen LogP contribution in [0.2, 0.25) is 0 Å². The van der Waals surface area contributed by atoms with Crippen LogP contribution >= 0.6 is 0 Å². The minimum atomic E-state index is -4.91. The zero-order valence-corrected chi connectivity index (χ0v) is 28.5. The molecule has 0 saturated carbocycles. The summed E-state index contributed by atoms with van der Waals surface area (Å²) in [5.74, 6) is -4.88. The molecule has 1 aliphatic rings. The Morgan fingerprint density at radius 2 is 1.90 bits per heavy atom. The van der Waals surface area contributed by atoms with Gasteiger partial charge < -0.3 is 23.7 Å². The number of hydrazine groups is 1. The summed E-state index contributed by atoms with van der Waals surface area (Å²) < 4.78 is 118. The van der Waals surface area contributed by atoms with E-state index in [2.05, 4.69) is 19.7 Å². The van der Waals surface area contributed by atoms with Crippen LogP contribution in [0, 0.1) is 11.6 Å². The molecular weight excluding hydrogens is 696 g/mol. The molecule has 0 spiro atoms. The normalized spacial score (nSPS) is 14.1. The second-order valence-electron chi connectivity index (χ2n) is 10.3. The van der Waals surface area contributed by atoms with Crippen LogP contribution in [0.5, 0.6) is 5.75 Å². The molecule has 0 radical (unpaired) electrons. The number of nitrogens with one attached hydrogen (secondary N) is 1. The quantitative estimate of drug-likeness (QED) is 0.0885. The Labute approximate surface area is 297 Å². The number of ether oxygens (including phenoxy) is 1. The van der Waals surface area contributed by atoms with Gasteiger partial charge in [0.25, 0.3) is 0 Å². The van der Waals surface area contributed by atoms with Crippen molar-refractivity contribution >= 4 is 33.9 Å². The van der Waals surface area contributed by atoms with Crippen molar-refractivity contribution in [2.75, 3.05) is 23.6 Å². The van der Waals surface area contributed by atoms with Gasteiger partial charge in [0.05, 0.1) is 36.8 Å². The Morgan fingerprint density at radius 1 is 1.14 bits per heavy atom. The first-order chi connectivity index (χ1) is 22.7. The molecule has 5 rings (SSSR count). The van der Waals surface area contributed by atoms with Gasteiger partial charge in [-0.25, -0.2) is 17.9 Å². The number of nitrogens with zero attached hydrogens (tertiary/aromatic N) is 4. The van der Waals surface area contributed by atoms with Crippen molar-refractivity contribution in [3.63, 3.8) is 0 Å². The summed E-state index contributed by atoms with van der Waals surface area (Å²) in [5.41, 5.74) is -2.02. The number of alkyl halides is 3. The fourth-order valence-corrected chi connectivity index (χ4v) is 5.40. The van der Waals surface area contributed by atoms with Crippen LogP contribution in [-0.4, -0.2) is 46.9 Å². The van der Waals surface area contributed by atoms with Crippen LogP contribution in [0.15, 0.2) is 59.5 Å². The number of hydrogen-bond acceptors (Lipinski definition) is 11. The maximum absolute atomic E-state index is 14.5. The summed E-state index contributed by atoms with van der Waals surface area (Å²) >= 11 is 0. The summed E-state index contributed by atoms with van der Waals surface area (Å²) in [5, 5.41) is 17.9. The number of anilines is 2. The average Bonchev–Trinajstić information content (AvgIpc) is 3.68. The number of aromatic nitrogens is 3. The van der Waals surface area contributed by atoms with Gasteiger partial charge >= 0.3 is 46.1 Å². The molecule has 0 aliphatic carbocycles. The van der Waals surface area contributed by atoms with Crippen LogP contribution in [0.4, 0.5) is 33.5 Å². The zero-order chi connectivity index (χ0) is 34.9. The van der Waals surface area contributed by atoms with Gasteiger partial charge in [0.2, 0.25) is 0 Å². The van der Waals surface area contributed by atoms with E-state index in [1.165, 1.54) is 30.5 Å². The van der Waals surface area contributed by atoms with E-state index in [0.29, 0.717) is 6.42 Å². The van der Waals surface area contributed by atoms with E-state index in [9.17, 15) is 40.3 Å². The molecule has 2 N–H and O–H groups in total. The number of carboxylic acid groups (broad SMARTS) is 1. The van der Waals surface area contributed by atoms with Crippen LogP contribution in [0.25, 0.3) is 17.3 Å². The number of benzene rings is 2. The molecule has 1 atom stereocenters. The molecule has 49 heavy (non-hydrogen) atoms. The molecule has 0 saturated heterocycles. The molecule has 1 unspecified atom stereocenters. The van der Waals surface area contributed by atoms with E-state index in [1.807, 2.05) is 0 Å². The molecule has 3 heterocycles. The number of carboxylic acids is 1. The number of imidazole rings is 1. The van der Waals surface area contributed by atoms with Crippen LogP contribution in [-0.2, 0) is 31.1 Å². The predicted molar refractivity (Wildman–Crippen MR) is 155 cm³/mol. The van der Waals surface area contributed by atoms with Crippen molar-refractivity contribution in [2.24, 2.45) is 0 Å². The van der Waals surface area contributed by atoms with Crippen molar-refractivity contribution in [1.82, 2.24) is 14.7 Å². The van der Waals surface area contributed by atoms with Crippen molar-refractivity contribution in [2.45, 2.75) is 37.9 Å². The van der Waals surface area contributed by atoms with E-state index < -0.39 is 81.7 Å². The first-order valence-corrected chi connectivity index (χ1v) is 15.4. The number of aliphatic carboxylic acids is 1. The van der Waals surface area contributed by atoms with E-state index in [4.69, 9.17) is 13.8 Å². The Kier molecular flexibility index (Phi) is 11.5. The number of carbonyl (C=O) groups is 1. The molecule has 1 aliphatic heterocycles. The third-order valence-corrected chi connectivity index (χ3v) is 7.69. The van der Waals surface area contributed by atoms with Gasteiger partial charge in [-0.2, -0.15) is 21.6 Å².